The summed E-state index contributed by atoms with van der Waals surface area (Å²) in [7, 11) is 11.1. The lowest BCUT2D eigenvalue weighted by Gasteiger charge is -2.27. The third-order valence-electron chi connectivity index (χ3n) is 6.28. The number of hydrogen-bond donors (Lipinski definition) is 1. The molecule has 0 bridgehead atoms. The van der Waals surface area contributed by atoms with Crippen molar-refractivity contribution in [1.29, 1.82) is 0 Å². The van der Waals surface area contributed by atoms with Crippen molar-refractivity contribution in [2.45, 2.75) is 12.5 Å². The highest BCUT2D eigenvalue weighted by Crippen LogP contribution is 2.47. The quantitative estimate of drug-likeness (QED) is 0.255. The Morgan fingerprint density at radius 2 is 1.47 bits per heavy atom. The van der Waals surface area contributed by atoms with Crippen LogP contribution in [0.2, 0.25) is 5.02 Å². The molecule has 0 radical (unpaired) electrons. The average Bonchev–Trinajstić information content (AvgIpc) is 3.16. The molecule has 2 aromatic rings. The molecule has 1 atom stereocenters. The number of rotatable bonds is 11. The number of aliphatic hydroxyl groups is 1. The van der Waals surface area contributed by atoms with E-state index in [0.717, 1.165) is 0 Å². The first-order valence-corrected chi connectivity index (χ1v) is 12.2. The van der Waals surface area contributed by atoms with Gasteiger partial charge in [0.25, 0.3) is 11.7 Å². The largest absolute Gasteiger partial charge is 0.507 e. The molecule has 0 spiro atoms. The maximum Gasteiger partial charge on any atom is 0.295 e. The lowest BCUT2D eigenvalue weighted by molar-refractivity contribution is -0.139. The lowest BCUT2D eigenvalue weighted by Crippen LogP contribution is -2.32. The van der Waals surface area contributed by atoms with Crippen molar-refractivity contribution in [3.05, 3.63) is 46.0 Å². The van der Waals surface area contributed by atoms with Gasteiger partial charge in [0.15, 0.2) is 11.5 Å². The van der Waals surface area contributed by atoms with Crippen molar-refractivity contribution >= 4 is 29.1 Å². The summed E-state index contributed by atoms with van der Waals surface area (Å²) in [5, 5.41) is 11.7. The zero-order valence-electron chi connectivity index (χ0n) is 22.6. The van der Waals surface area contributed by atoms with Gasteiger partial charge >= 0.3 is 0 Å². The van der Waals surface area contributed by atoms with E-state index < -0.39 is 23.5 Å². The maximum atomic E-state index is 13.4. The molecule has 10 nitrogen and oxygen atoms in total. The van der Waals surface area contributed by atoms with E-state index in [2.05, 4.69) is 0 Å². The predicted molar refractivity (Wildman–Crippen MR) is 143 cm³/mol. The molecule has 1 fully saturated rings. The van der Waals surface area contributed by atoms with Crippen molar-refractivity contribution in [3.63, 3.8) is 0 Å². The standard InChI is InChI=1S/C27H33ClN2O8/c1-29(2)9-8-10-30-23(15-11-20(36-5)26(38-7)21(12-15)37-6)22(25(32)27(30)33)24(31)16-13-17(28)19(35-4)14-18(16)34-3/h11-14,23,31H,8-10H2,1-7H3/b24-22+. The van der Waals surface area contributed by atoms with Crippen molar-refractivity contribution in [2.24, 2.45) is 0 Å². The molecule has 206 valence electrons. The molecule has 1 saturated heterocycles. The summed E-state index contributed by atoms with van der Waals surface area (Å²) in [4.78, 5) is 30.2. The van der Waals surface area contributed by atoms with Crippen LogP contribution in [0.25, 0.3) is 5.76 Å². The number of nitrogens with zero attached hydrogens (tertiary/aromatic N) is 2. The van der Waals surface area contributed by atoms with E-state index in [0.29, 0.717) is 41.5 Å². The van der Waals surface area contributed by atoms with E-state index in [1.807, 2.05) is 19.0 Å². The van der Waals surface area contributed by atoms with Gasteiger partial charge in [-0.3, -0.25) is 9.59 Å². The molecule has 1 aliphatic heterocycles. The normalized spacial score (nSPS) is 16.7. The summed E-state index contributed by atoms with van der Waals surface area (Å²) in [6.45, 7) is 0.953. The minimum absolute atomic E-state index is 0.117. The number of likely N-dealkylation sites (tertiary alicyclic amines) is 1. The van der Waals surface area contributed by atoms with Crippen molar-refractivity contribution in [1.82, 2.24) is 9.80 Å². The zero-order chi connectivity index (χ0) is 28.1. The Kier molecular flexibility index (Phi) is 9.35. The van der Waals surface area contributed by atoms with Crippen LogP contribution in [0.3, 0.4) is 0 Å². The van der Waals surface area contributed by atoms with E-state index in [4.69, 9.17) is 35.3 Å². The molecule has 1 N–H and O–H groups in total. The Morgan fingerprint density at radius 1 is 0.895 bits per heavy atom. The first kappa shape index (κ1) is 28.9. The summed E-state index contributed by atoms with van der Waals surface area (Å²) in [6.07, 6.45) is 0.596. The number of Topliss-reactive ketones (excluding diaryl/α,β-unsaturated/α-hetero) is 1. The van der Waals surface area contributed by atoms with Gasteiger partial charge in [-0.15, -0.1) is 0 Å². The summed E-state index contributed by atoms with van der Waals surface area (Å²) < 4.78 is 27.1. The van der Waals surface area contributed by atoms with Crippen molar-refractivity contribution in [2.75, 3.05) is 62.7 Å². The average molecular weight is 549 g/mol. The highest BCUT2D eigenvalue weighted by atomic mass is 35.5. The monoisotopic (exact) mass is 548 g/mol. The van der Waals surface area contributed by atoms with E-state index in [-0.39, 0.29) is 28.5 Å². The fraction of sp³-hybridized carbons (Fsp3) is 0.407. The second-order valence-corrected chi connectivity index (χ2v) is 9.20. The number of carbonyl (C=O) groups is 2. The molecule has 1 aliphatic rings. The minimum atomic E-state index is -0.948. The van der Waals surface area contributed by atoms with E-state index >= 15 is 0 Å². The first-order chi connectivity index (χ1) is 18.1. The molecule has 1 amide bonds. The summed E-state index contributed by atoms with van der Waals surface area (Å²) in [5.74, 6) is -0.429. The number of ether oxygens (including phenoxy) is 5. The van der Waals surface area contributed by atoms with Crippen LogP contribution in [0, 0.1) is 0 Å². The molecule has 0 saturated carbocycles. The molecule has 11 heteroatoms. The number of methoxy groups -OCH3 is 5. The number of halogens is 1. The fourth-order valence-electron chi connectivity index (χ4n) is 4.46. The van der Waals surface area contributed by atoms with Crippen LogP contribution in [0.1, 0.15) is 23.6 Å². The van der Waals surface area contributed by atoms with E-state index in [9.17, 15) is 14.7 Å². The minimum Gasteiger partial charge on any atom is -0.507 e. The molecule has 38 heavy (non-hydrogen) atoms. The van der Waals surface area contributed by atoms with Crippen LogP contribution in [-0.4, -0.2) is 89.3 Å². The van der Waals surface area contributed by atoms with Gasteiger partial charge in [0.1, 0.15) is 17.3 Å². The van der Waals surface area contributed by atoms with Gasteiger partial charge in [-0.25, -0.2) is 0 Å². The van der Waals surface area contributed by atoms with Crippen LogP contribution < -0.4 is 23.7 Å². The fourth-order valence-corrected chi connectivity index (χ4v) is 4.70. The summed E-state index contributed by atoms with van der Waals surface area (Å²) in [6, 6.07) is 5.29. The predicted octanol–water partition coefficient (Wildman–Crippen LogP) is 3.76. The molecule has 2 aromatic carbocycles. The first-order valence-electron chi connectivity index (χ1n) is 11.8. The number of ketones is 1. The highest BCUT2D eigenvalue weighted by molar-refractivity contribution is 6.46. The molecule has 3 rings (SSSR count). The molecule has 1 unspecified atom stereocenters. The Morgan fingerprint density at radius 3 is 1.97 bits per heavy atom. The molecule has 0 aromatic heterocycles. The van der Waals surface area contributed by atoms with Gasteiger partial charge in [-0.1, -0.05) is 11.6 Å². The van der Waals surface area contributed by atoms with Crippen LogP contribution in [-0.2, 0) is 9.59 Å². The van der Waals surface area contributed by atoms with Gasteiger partial charge in [-0.05, 0) is 50.8 Å². The highest BCUT2D eigenvalue weighted by Gasteiger charge is 2.46. The lowest BCUT2D eigenvalue weighted by atomic mass is 9.94. The van der Waals surface area contributed by atoms with Gasteiger partial charge in [-0.2, -0.15) is 0 Å². The Bertz CT molecular complexity index is 1220. The summed E-state index contributed by atoms with van der Waals surface area (Å²) >= 11 is 6.34. The molecular weight excluding hydrogens is 516 g/mol. The van der Waals surface area contributed by atoms with Gasteiger partial charge in [0, 0.05) is 12.6 Å². The van der Waals surface area contributed by atoms with E-state index in [1.54, 1.807) is 12.1 Å². The van der Waals surface area contributed by atoms with E-state index in [1.165, 1.54) is 52.6 Å². The topological polar surface area (TPSA) is 107 Å². The van der Waals surface area contributed by atoms with Gasteiger partial charge in [0.05, 0.1) is 57.8 Å². The third kappa shape index (κ3) is 5.46. The van der Waals surface area contributed by atoms with Gasteiger partial charge in [0.2, 0.25) is 5.75 Å². The summed E-state index contributed by atoms with van der Waals surface area (Å²) in [5.41, 5.74) is 0.513. The van der Waals surface area contributed by atoms with Gasteiger partial charge < -0.3 is 38.6 Å². The van der Waals surface area contributed by atoms with Crippen LogP contribution in [0.4, 0.5) is 0 Å². The zero-order valence-corrected chi connectivity index (χ0v) is 23.3. The Labute approximate surface area is 227 Å². The Hall–Kier alpha value is -3.63. The number of amides is 1. The smallest absolute Gasteiger partial charge is 0.295 e. The van der Waals surface area contributed by atoms with Crippen molar-refractivity contribution in [3.8, 4) is 28.7 Å². The van der Waals surface area contributed by atoms with Crippen LogP contribution in [0.5, 0.6) is 28.7 Å². The Balaban J connectivity index is 2.29. The second kappa shape index (κ2) is 12.3. The third-order valence-corrected chi connectivity index (χ3v) is 6.57. The van der Waals surface area contributed by atoms with Crippen LogP contribution >= 0.6 is 11.6 Å². The SMILES string of the molecule is COc1cc(OC)c(/C(O)=C2\C(=O)C(=O)N(CCCN(C)C)C2c2cc(OC)c(OC)c(OC)c2)cc1Cl. The number of carbonyl (C=O) groups excluding carboxylic acids is 2. The molecular formula is C27H33ClN2O8. The molecule has 0 aliphatic carbocycles. The number of aliphatic hydroxyl groups excluding tert-OH is 1. The van der Waals surface area contributed by atoms with Crippen molar-refractivity contribution < 1.29 is 38.4 Å². The number of benzene rings is 2. The molecule has 1 heterocycles. The number of hydrogen-bond acceptors (Lipinski definition) is 9. The second-order valence-electron chi connectivity index (χ2n) is 8.80. The van der Waals surface area contributed by atoms with Crippen LogP contribution in [0.15, 0.2) is 29.8 Å². The maximum absolute atomic E-state index is 13.4.